The Morgan fingerprint density at radius 2 is 2.10 bits per heavy atom. The number of hydrogen-bond acceptors (Lipinski definition) is 2. The van der Waals surface area contributed by atoms with Gasteiger partial charge in [-0.2, -0.15) is 0 Å². The van der Waals surface area contributed by atoms with Crippen LogP contribution in [0.15, 0.2) is 24.4 Å². The SMILES string of the molecule is O=C(Cc1c[nH]c2ccc(F)cc12)NC1CCC(O)CC1. The Morgan fingerprint density at radius 1 is 1.33 bits per heavy atom. The van der Waals surface area contributed by atoms with Crippen molar-refractivity contribution in [1.82, 2.24) is 10.3 Å². The van der Waals surface area contributed by atoms with Crippen molar-refractivity contribution >= 4 is 16.8 Å². The standard InChI is InChI=1S/C16H19FN2O2/c17-11-1-6-15-14(8-11)10(9-18-15)7-16(21)19-12-2-4-13(20)5-3-12/h1,6,8-9,12-13,18,20H,2-5,7H2,(H,19,21). The number of aromatic nitrogens is 1. The van der Waals surface area contributed by atoms with Crippen molar-refractivity contribution in [1.29, 1.82) is 0 Å². The molecule has 0 spiro atoms. The van der Waals surface area contributed by atoms with Gasteiger partial charge < -0.3 is 15.4 Å². The molecular weight excluding hydrogens is 271 g/mol. The highest BCUT2D eigenvalue weighted by atomic mass is 19.1. The first-order chi connectivity index (χ1) is 10.1. The Hall–Kier alpha value is -1.88. The molecule has 0 saturated heterocycles. The second-order valence-electron chi connectivity index (χ2n) is 5.75. The van der Waals surface area contributed by atoms with Crippen LogP contribution in [0.3, 0.4) is 0 Å². The third-order valence-corrected chi connectivity index (χ3v) is 4.14. The molecule has 4 nitrogen and oxygen atoms in total. The van der Waals surface area contributed by atoms with Crippen LogP contribution < -0.4 is 5.32 Å². The number of fused-ring (bicyclic) bond motifs is 1. The minimum absolute atomic E-state index is 0.0541. The van der Waals surface area contributed by atoms with E-state index in [1.54, 1.807) is 12.3 Å². The third kappa shape index (κ3) is 3.24. The fourth-order valence-corrected chi connectivity index (χ4v) is 2.97. The summed E-state index contributed by atoms with van der Waals surface area (Å²) < 4.78 is 13.3. The summed E-state index contributed by atoms with van der Waals surface area (Å²) in [7, 11) is 0. The maximum absolute atomic E-state index is 13.3. The molecule has 1 aromatic carbocycles. The summed E-state index contributed by atoms with van der Waals surface area (Å²) in [4.78, 5) is 15.2. The van der Waals surface area contributed by atoms with Crippen LogP contribution in [0.25, 0.3) is 10.9 Å². The summed E-state index contributed by atoms with van der Waals surface area (Å²) in [6, 6.07) is 4.67. The summed E-state index contributed by atoms with van der Waals surface area (Å²) in [6.07, 6.45) is 4.88. The van der Waals surface area contributed by atoms with Gasteiger partial charge in [0.15, 0.2) is 0 Å². The van der Waals surface area contributed by atoms with Crippen LogP contribution >= 0.6 is 0 Å². The Morgan fingerprint density at radius 3 is 2.86 bits per heavy atom. The molecule has 1 aliphatic rings. The van der Waals surface area contributed by atoms with Crippen LogP contribution in [0.4, 0.5) is 4.39 Å². The van der Waals surface area contributed by atoms with Gasteiger partial charge in [-0.15, -0.1) is 0 Å². The maximum Gasteiger partial charge on any atom is 0.224 e. The number of hydrogen-bond donors (Lipinski definition) is 3. The Labute approximate surface area is 122 Å². The van der Waals surface area contributed by atoms with Gasteiger partial charge in [0.25, 0.3) is 0 Å². The zero-order valence-corrected chi connectivity index (χ0v) is 11.7. The third-order valence-electron chi connectivity index (χ3n) is 4.14. The van der Waals surface area contributed by atoms with Crippen molar-refractivity contribution in [3.8, 4) is 0 Å². The van der Waals surface area contributed by atoms with Gasteiger partial charge in [-0.25, -0.2) is 4.39 Å². The van der Waals surface area contributed by atoms with Gasteiger partial charge in [0.1, 0.15) is 5.82 Å². The molecule has 1 fully saturated rings. The van der Waals surface area contributed by atoms with E-state index in [0.29, 0.717) is 0 Å². The molecular formula is C16H19FN2O2. The van der Waals surface area contributed by atoms with Crippen LogP contribution in [-0.4, -0.2) is 28.1 Å². The van der Waals surface area contributed by atoms with E-state index in [0.717, 1.165) is 42.1 Å². The first kappa shape index (κ1) is 14.1. The highest BCUT2D eigenvalue weighted by molar-refractivity contribution is 5.89. The minimum Gasteiger partial charge on any atom is -0.393 e. The number of benzene rings is 1. The van der Waals surface area contributed by atoms with Crippen molar-refractivity contribution < 1.29 is 14.3 Å². The van der Waals surface area contributed by atoms with E-state index in [1.165, 1.54) is 12.1 Å². The monoisotopic (exact) mass is 290 g/mol. The molecule has 0 radical (unpaired) electrons. The molecule has 0 bridgehead atoms. The number of nitrogens with one attached hydrogen (secondary N) is 2. The summed E-state index contributed by atoms with van der Waals surface area (Å²) in [5.74, 6) is -0.355. The number of carbonyl (C=O) groups is 1. The van der Waals surface area contributed by atoms with Crippen molar-refractivity contribution in [3.63, 3.8) is 0 Å². The van der Waals surface area contributed by atoms with Crippen molar-refractivity contribution in [2.45, 2.75) is 44.2 Å². The molecule has 0 atom stereocenters. The first-order valence-electron chi connectivity index (χ1n) is 7.35. The molecule has 1 aromatic heterocycles. The van der Waals surface area contributed by atoms with Gasteiger partial charge in [-0.3, -0.25) is 4.79 Å². The number of amides is 1. The number of H-pyrrole nitrogens is 1. The van der Waals surface area contributed by atoms with Gasteiger partial charge in [0.05, 0.1) is 12.5 Å². The van der Waals surface area contributed by atoms with Gasteiger partial charge in [0, 0.05) is 23.1 Å². The lowest BCUT2D eigenvalue weighted by Crippen LogP contribution is -2.39. The van der Waals surface area contributed by atoms with E-state index in [2.05, 4.69) is 10.3 Å². The average Bonchev–Trinajstić information content (AvgIpc) is 2.84. The van der Waals surface area contributed by atoms with E-state index in [-0.39, 0.29) is 30.3 Å². The maximum atomic E-state index is 13.3. The van der Waals surface area contributed by atoms with E-state index < -0.39 is 0 Å². The Bertz CT molecular complexity index is 645. The van der Waals surface area contributed by atoms with Crippen LogP contribution in [0.2, 0.25) is 0 Å². The Kier molecular flexibility index (Phi) is 3.92. The zero-order chi connectivity index (χ0) is 14.8. The van der Waals surface area contributed by atoms with Gasteiger partial charge >= 0.3 is 0 Å². The summed E-state index contributed by atoms with van der Waals surface area (Å²) in [6.45, 7) is 0. The smallest absolute Gasteiger partial charge is 0.224 e. The lowest BCUT2D eigenvalue weighted by Gasteiger charge is -2.26. The molecule has 5 heteroatoms. The molecule has 3 rings (SSSR count). The molecule has 1 saturated carbocycles. The van der Waals surface area contributed by atoms with E-state index in [4.69, 9.17) is 0 Å². The molecule has 3 N–H and O–H groups in total. The van der Waals surface area contributed by atoms with E-state index in [9.17, 15) is 14.3 Å². The van der Waals surface area contributed by atoms with Gasteiger partial charge in [-0.05, 0) is 49.4 Å². The number of rotatable bonds is 3. The lowest BCUT2D eigenvalue weighted by molar-refractivity contribution is -0.121. The minimum atomic E-state index is -0.301. The first-order valence-corrected chi connectivity index (χ1v) is 7.35. The highest BCUT2D eigenvalue weighted by Gasteiger charge is 2.21. The second kappa shape index (κ2) is 5.85. The number of carbonyl (C=O) groups excluding carboxylic acids is 1. The molecule has 0 aliphatic heterocycles. The predicted molar refractivity (Wildman–Crippen MR) is 78.4 cm³/mol. The van der Waals surface area contributed by atoms with Gasteiger partial charge in [-0.1, -0.05) is 0 Å². The number of aromatic amines is 1. The summed E-state index contributed by atoms with van der Waals surface area (Å²) >= 11 is 0. The van der Waals surface area contributed by atoms with Crippen LogP contribution in [0.5, 0.6) is 0 Å². The fourth-order valence-electron chi connectivity index (χ4n) is 2.97. The summed E-state index contributed by atoms with van der Waals surface area (Å²) in [5, 5.41) is 13.2. The van der Waals surface area contributed by atoms with Crippen molar-refractivity contribution in [3.05, 3.63) is 35.8 Å². The zero-order valence-electron chi connectivity index (χ0n) is 11.7. The number of halogens is 1. The average molecular weight is 290 g/mol. The highest BCUT2D eigenvalue weighted by Crippen LogP contribution is 2.21. The molecule has 1 amide bonds. The van der Waals surface area contributed by atoms with E-state index >= 15 is 0 Å². The van der Waals surface area contributed by atoms with Gasteiger partial charge in [0.2, 0.25) is 5.91 Å². The summed E-state index contributed by atoms with van der Waals surface area (Å²) in [5.41, 5.74) is 1.64. The van der Waals surface area contributed by atoms with Crippen molar-refractivity contribution in [2.75, 3.05) is 0 Å². The molecule has 112 valence electrons. The van der Waals surface area contributed by atoms with Crippen molar-refractivity contribution in [2.24, 2.45) is 0 Å². The molecule has 21 heavy (non-hydrogen) atoms. The van der Waals surface area contributed by atoms with Crippen LogP contribution in [0, 0.1) is 5.82 Å². The molecule has 1 aliphatic carbocycles. The van der Waals surface area contributed by atoms with Crippen LogP contribution in [-0.2, 0) is 11.2 Å². The Balaban J connectivity index is 1.65. The predicted octanol–water partition coefficient (Wildman–Crippen LogP) is 2.27. The van der Waals surface area contributed by atoms with Crippen LogP contribution in [0.1, 0.15) is 31.2 Å². The molecule has 2 aromatic rings. The quantitative estimate of drug-likeness (QED) is 0.812. The topological polar surface area (TPSA) is 65.1 Å². The molecule has 0 unspecified atom stereocenters. The molecule has 1 heterocycles. The lowest BCUT2D eigenvalue weighted by atomic mass is 9.93. The fraction of sp³-hybridized carbons (Fsp3) is 0.438. The largest absolute Gasteiger partial charge is 0.393 e. The normalized spacial score (nSPS) is 22.4. The number of aliphatic hydroxyl groups is 1. The van der Waals surface area contributed by atoms with E-state index in [1.807, 2.05) is 0 Å². The second-order valence-corrected chi connectivity index (χ2v) is 5.75. The number of aliphatic hydroxyl groups excluding tert-OH is 1.